The van der Waals surface area contributed by atoms with E-state index in [-0.39, 0.29) is 11.9 Å². The Bertz CT molecular complexity index is 844. The van der Waals surface area contributed by atoms with Crippen LogP contribution in [0, 0.1) is 0 Å². The number of imidazole rings is 1. The van der Waals surface area contributed by atoms with Crippen LogP contribution in [0.5, 0.6) is 0 Å². The summed E-state index contributed by atoms with van der Waals surface area (Å²) >= 11 is 0. The molecule has 1 unspecified atom stereocenters. The number of nitrogens with zero attached hydrogens (tertiary/aromatic N) is 4. The maximum Gasteiger partial charge on any atom is 0.255 e. The summed E-state index contributed by atoms with van der Waals surface area (Å²) < 4.78 is 1.69. The van der Waals surface area contributed by atoms with Gasteiger partial charge in [-0.25, -0.2) is 4.98 Å². The predicted molar refractivity (Wildman–Crippen MR) is 82.7 cm³/mol. The lowest BCUT2D eigenvalue weighted by molar-refractivity contribution is 0.0934. The summed E-state index contributed by atoms with van der Waals surface area (Å²) in [5.74, 6) is -0.120. The molecular weight excluding hydrogens is 294 g/mol. The van der Waals surface area contributed by atoms with Crippen molar-refractivity contribution in [1.29, 1.82) is 0 Å². The lowest BCUT2D eigenvalue weighted by Gasteiger charge is -2.22. The number of amides is 1. The monoisotopic (exact) mass is 311 g/mol. The van der Waals surface area contributed by atoms with Crippen molar-refractivity contribution < 1.29 is 4.79 Å². The molecule has 4 rings (SSSR count). The highest BCUT2D eigenvalue weighted by Crippen LogP contribution is 2.22. The van der Waals surface area contributed by atoms with Crippen LogP contribution in [0.2, 0.25) is 0 Å². The molecule has 3 aromatic rings. The first-order valence-electron chi connectivity index (χ1n) is 7.55. The van der Waals surface area contributed by atoms with Crippen molar-refractivity contribution >= 4 is 5.91 Å². The Morgan fingerprint density at radius 2 is 2.35 bits per heavy atom. The fourth-order valence-electron chi connectivity index (χ4n) is 3.02. The Labute approximate surface area is 132 Å². The van der Waals surface area contributed by atoms with Crippen LogP contribution >= 0.6 is 0 Å². The minimum absolute atomic E-state index is 0.104. The zero-order valence-electron chi connectivity index (χ0n) is 12.7. The van der Waals surface area contributed by atoms with Crippen LogP contribution in [0.3, 0.4) is 0 Å². The van der Waals surface area contributed by atoms with Crippen molar-refractivity contribution in [1.82, 2.24) is 35.3 Å². The van der Waals surface area contributed by atoms with Crippen molar-refractivity contribution in [3.05, 3.63) is 41.9 Å². The molecule has 0 radical (unpaired) electrons. The Balaban J connectivity index is 1.51. The molecule has 0 fully saturated rings. The Kier molecular flexibility index (Phi) is 3.22. The van der Waals surface area contributed by atoms with Crippen LogP contribution < -0.4 is 5.32 Å². The molecule has 3 N–H and O–H groups in total. The average molecular weight is 311 g/mol. The van der Waals surface area contributed by atoms with Gasteiger partial charge in [0, 0.05) is 37.0 Å². The summed E-state index contributed by atoms with van der Waals surface area (Å²) in [6, 6.07) is 0.104. The summed E-state index contributed by atoms with van der Waals surface area (Å²) in [4.78, 5) is 20.0. The second kappa shape index (κ2) is 5.38. The van der Waals surface area contributed by atoms with Crippen molar-refractivity contribution in [2.75, 3.05) is 0 Å². The van der Waals surface area contributed by atoms with Gasteiger partial charge in [-0.15, -0.1) is 0 Å². The van der Waals surface area contributed by atoms with Gasteiger partial charge in [0.05, 0.1) is 35.7 Å². The second-order valence-electron chi connectivity index (χ2n) is 5.80. The number of rotatable bonds is 3. The summed E-state index contributed by atoms with van der Waals surface area (Å²) in [5.41, 5.74) is 4.28. The molecule has 1 aliphatic carbocycles. The normalized spacial score (nSPS) is 17.0. The number of nitrogens with one attached hydrogen (secondary N) is 3. The Morgan fingerprint density at radius 1 is 1.43 bits per heavy atom. The first-order valence-corrected chi connectivity index (χ1v) is 7.55. The van der Waals surface area contributed by atoms with Gasteiger partial charge in [0.15, 0.2) is 0 Å². The zero-order chi connectivity index (χ0) is 15.8. The van der Waals surface area contributed by atoms with Gasteiger partial charge in [-0.1, -0.05) is 0 Å². The lowest BCUT2D eigenvalue weighted by Crippen LogP contribution is -2.39. The van der Waals surface area contributed by atoms with Crippen LogP contribution in [0.25, 0.3) is 11.3 Å². The minimum Gasteiger partial charge on any atom is -0.349 e. The molecule has 0 saturated heterocycles. The summed E-state index contributed by atoms with van der Waals surface area (Å²) in [5, 5.41) is 14.1. The number of aryl methyl sites for hydroxylation is 2. The highest BCUT2D eigenvalue weighted by molar-refractivity contribution is 5.99. The molecule has 1 atom stereocenters. The molecule has 1 aliphatic rings. The van der Waals surface area contributed by atoms with Crippen molar-refractivity contribution in [2.24, 2.45) is 7.05 Å². The molecular formula is C15H17N7O. The van der Waals surface area contributed by atoms with Crippen molar-refractivity contribution in [2.45, 2.75) is 25.3 Å². The van der Waals surface area contributed by atoms with E-state index in [4.69, 9.17) is 0 Å². The van der Waals surface area contributed by atoms with Gasteiger partial charge in [0.2, 0.25) is 0 Å². The maximum atomic E-state index is 12.6. The molecule has 0 saturated carbocycles. The minimum atomic E-state index is -0.120. The van der Waals surface area contributed by atoms with Gasteiger partial charge in [0.1, 0.15) is 0 Å². The second-order valence-corrected chi connectivity index (χ2v) is 5.80. The van der Waals surface area contributed by atoms with Gasteiger partial charge in [-0.3, -0.25) is 14.6 Å². The van der Waals surface area contributed by atoms with E-state index in [2.05, 4.69) is 30.6 Å². The SMILES string of the molecule is Cn1cc(-c2[nH]ncc2C(=O)NC2CCc3nc[nH]c3C2)cn1. The quantitative estimate of drug-likeness (QED) is 0.666. The molecule has 3 heterocycles. The first kappa shape index (κ1) is 13.7. The van der Waals surface area contributed by atoms with E-state index in [0.717, 1.165) is 36.2 Å². The van der Waals surface area contributed by atoms with Crippen LogP contribution in [0.1, 0.15) is 28.2 Å². The van der Waals surface area contributed by atoms with E-state index >= 15 is 0 Å². The highest BCUT2D eigenvalue weighted by Gasteiger charge is 2.24. The number of hydrogen-bond acceptors (Lipinski definition) is 4. The number of carbonyl (C=O) groups is 1. The zero-order valence-corrected chi connectivity index (χ0v) is 12.7. The molecule has 0 aliphatic heterocycles. The number of carbonyl (C=O) groups excluding carboxylic acids is 1. The van der Waals surface area contributed by atoms with Crippen LogP contribution in [-0.4, -0.2) is 41.9 Å². The summed E-state index contributed by atoms with van der Waals surface area (Å²) in [7, 11) is 1.84. The van der Waals surface area contributed by atoms with E-state index in [1.54, 1.807) is 23.4 Å². The molecule has 23 heavy (non-hydrogen) atoms. The third-order valence-electron chi connectivity index (χ3n) is 4.20. The van der Waals surface area contributed by atoms with E-state index < -0.39 is 0 Å². The van der Waals surface area contributed by atoms with Gasteiger partial charge in [-0.2, -0.15) is 10.2 Å². The molecule has 118 valence electrons. The van der Waals surface area contributed by atoms with Crippen LogP contribution in [0.15, 0.2) is 24.9 Å². The molecule has 1 amide bonds. The average Bonchev–Trinajstić information content (AvgIpc) is 3.26. The number of hydrogen-bond donors (Lipinski definition) is 3. The number of fused-ring (bicyclic) bond motifs is 1. The first-order chi connectivity index (χ1) is 11.2. The molecule has 8 nitrogen and oxygen atoms in total. The van der Waals surface area contributed by atoms with E-state index in [1.807, 2.05) is 13.2 Å². The maximum absolute atomic E-state index is 12.6. The lowest BCUT2D eigenvalue weighted by atomic mass is 9.96. The van der Waals surface area contributed by atoms with Gasteiger partial charge in [-0.05, 0) is 12.8 Å². The highest BCUT2D eigenvalue weighted by atomic mass is 16.1. The van der Waals surface area contributed by atoms with Gasteiger partial charge >= 0.3 is 0 Å². The molecule has 0 spiro atoms. The summed E-state index contributed by atoms with van der Waals surface area (Å²) in [6.07, 6.45) is 9.38. The molecule has 0 bridgehead atoms. The van der Waals surface area contributed by atoms with E-state index in [0.29, 0.717) is 11.3 Å². The van der Waals surface area contributed by atoms with Crippen LogP contribution in [-0.2, 0) is 19.9 Å². The standard InChI is InChI=1S/C15H17N7O/c1-22-7-9(5-19-22)14-11(6-18-21-14)15(23)20-10-2-3-12-13(4-10)17-8-16-12/h5-8,10H,2-4H2,1H3,(H,16,17)(H,18,21)(H,20,23). The fourth-order valence-corrected chi connectivity index (χ4v) is 3.02. The Morgan fingerprint density at radius 3 is 3.17 bits per heavy atom. The predicted octanol–water partition coefficient (Wildman–Crippen LogP) is 0.821. The number of aromatic nitrogens is 6. The molecule has 3 aromatic heterocycles. The topological polar surface area (TPSA) is 104 Å². The van der Waals surface area contributed by atoms with Gasteiger partial charge in [0.25, 0.3) is 5.91 Å². The van der Waals surface area contributed by atoms with E-state index in [1.165, 1.54) is 0 Å². The third kappa shape index (κ3) is 2.52. The van der Waals surface area contributed by atoms with Crippen molar-refractivity contribution in [3.63, 3.8) is 0 Å². The Hall–Kier alpha value is -2.90. The largest absolute Gasteiger partial charge is 0.349 e. The third-order valence-corrected chi connectivity index (χ3v) is 4.20. The summed E-state index contributed by atoms with van der Waals surface area (Å²) in [6.45, 7) is 0. The number of H-pyrrole nitrogens is 2. The molecule has 0 aromatic carbocycles. The van der Waals surface area contributed by atoms with Crippen LogP contribution in [0.4, 0.5) is 0 Å². The smallest absolute Gasteiger partial charge is 0.255 e. The fraction of sp³-hybridized carbons (Fsp3) is 0.333. The molecule has 8 heteroatoms. The van der Waals surface area contributed by atoms with Crippen molar-refractivity contribution in [3.8, 4) is 11.3 Å². The van der Waals surface area contributed by atoms with Gasteiger partial charge < -0.3 is 10.3 Å². The van der Waals surface area contributed by atoms with E-state index in [9.17, 15) is 4.79 Å². The number of aromatic amines is 2.